The zero-order valence-corrected chi connectivity index (χ0v) is 43.0. The number of likely N-dealkylation sites (tertiary alicyclic amines) is 1. The molecule has 0 bridgehead atoms. The second-order valence-electron chi connectivity index (χ2n) is 21.4. The van der Waals surface area contributed by atoms with Crippen LogP contribution in [-0.2, 0) is 36.0 Å². The van der Waals surface area contributed by atoms with Crippen molar-refractivity contribution >= 4 is 46.8 Å². The number of fused-ring (bicyclic) bond motifs is 2. The van der Waals surface area contributed by atoms with Gasteiger partial charge in [-0.2, -0.15) is 15.5 Å². The fourth-order valence-corrected chi connectivity index (χ4v) is 12.5. The van der Waals surface area contributed by atoms with Crippen LogP contribution in [-0.4, -0.2) is 133 Å². The summed E-state index contributed by atoms with van der Waals surface area (Å²) in [6.45, 7) is 15.4. The zero-order chi connectivity index (χ0) is 51.5. The number of alkyl halides is 2. The smallest absolute Gasteiger partial charge is 0.264 e. The molecule has 20 heteroatoms. The summed E-state index contributed by atoms with van der Waals surface area (Å²) in [7, 11) is 1.77. The monoisotopic (exact) mass is 1020 g/mol. The Hall–Kier alpha value is -6.65. The van der Waals surface area contributed by atoms with Crippen LogP contribution in [0, 0.1) is 22.2 Å². The molecule has 3 aromatic heterocycles. The molecule has 5 aliphatic rings. The van der Waals surface area contributed by atoms with Gasteiger partial charge in [0.25, 0.3) is 12.3 Å². The molecule has 2 aromatic carbocycles. The van der Waals surface area contributed by atoms with E-state index in [4.69, 9.17) is 21.4 Å². The molecule has 5 aromatic rings. The first kappa shape index (κ1) is 49.9. The average molecular weight is 1020 g/mol. The van der Waals surface area contributed by atoms with Gasteiger partial charge < -0.3 is 29.7 Å². The van der Waals surface area contributed by atoms with Crippen LogP contribution in [0.4, 0.5) is 26.2 Å². The molecule has 2 saturated heterocycles. The maximum Gasteiger partial charge on any atom is 0.264 e. The lowest BCUT2D eigenvalue weighted by molar-refractivity contribution is -0.164. The summed E-state index contributed by atoms with van der Waals surface area (Å²) >= 11 is 6.27. The van der Waals surface area contributed by atoms with E-state index in [9.17, 15) is 28.4 Å². The van der Waals surface area contributed by atoms with Gasteiger partial charge in [-0.25, -0.2) is 18.7 Å². The van der Waals surface area contributed by atoms with Crippen LogP contribution >= 0.6 is 11.6 Å². The summed E-state index contributed by atoms with van der Waals surface area (Å²) in [5, 5.41) is 22.3. The van der Waals surface area contributed by atoms with Gasteiger partial charge in [-0.3, -0.25) is 28.6 Å². The number of nitrogens with one attached hydrogen (secondary N) is 1. The van der Waals surface area contributed by atoms with E-state index in [0.29, 0.717) is 117 Å². The number of benzene rings is 2. The Morgan fingerprint density at radius 3 is 2.30 bits per heavy atom. The van der Waals surface area contributed by atoms with E-state index in [0.717, 1.165) is 48.2 Å². The summed E-state index contributed by atoms with van der Waals surface area (Å²) in [6.07, 6.45) is 7.20. The normalized spacial score (nSPS) is 20.8. The Morgan fingerprint density at radius 1 is 0.932 bits per heavy atom. The Balaban J connectivity index is 0.738. The van der Waals surface area contributed by atoms with E-state index < -0.39 is 17.3 Å². The lowest BCUT2D eigenvalue weighted by Crippen LogP contribution is -2.74. The van der Waals surface area contributed by atoms with E-state index in [-0.39, 0.29) is 41.5 Å². The fraction of sp³-hybridized carbons (Fsp3) is 0.509. The third-order valence-electron chi connectivity index (χ3n) is 15.9. The van der Waals surface area contributed by atoms with Gasteiger partial charge in [0, 0.05) is 142 Å². The van der Waals surface area contributed by atoms with Gasteiger partial charge in [0.15, 0.2) is 5.82 Å². The minimum absolute atomic E-state index is 0.0175. The van der Waals surface area contributed by atoms with Crippen LogP contribution < -0.4 is 19.9 Å². The van der Waals surface area contributed by atoms with Crippen molar-refractivity contribution in [1.82, 2.24) is 49.5 Å². The zero-order valence-electron chi connectivity index (χ0n) is 42.2. The van der Waals surface area contributed by atoms with Crippen molar-refractivity contribution in [2.45, 2.75) is 97.9 Å². The van der Waals surface area contributed by atoms with Gasteiger partial charge in [0.1, 0.15) is 17.9 Å². The number of hydrogen-bond acceptors (Lipinski definition) is 12. The molecule has 17 nitrogen and oxygen atoms in total. The molecule has 3 fully saturated rings. The highest BCUT2D eigenvalue weighted by atomic mass is 35.5. The number of amides is 3. The van der Waals surface area contributed by atoms with E-state index in [1.54, 1.807) is 67.7 Å². The molecule has 73 heavy (non-hydrogen) atoms. The summed E-state index contributed by atoms with van der Waals surface area (Å²) < 4.78 is 39.7. The summed E-state index contributed by atoms with van der Waals surface area (Å²) in [5.74, 6) is 1.60. The van der Waals surface area contributed by atoms with Gasteiger partial charge in [-0.1, -0.05) is 39.3 Å². The summed E-state index contributed by atoms with van der Waals surface area (Å²) in [4.78, 5) is 59.3. The van der Waals surface area contributed by atoms with Crippen molar-refractivity contribution < 1.29 is 27.9 Å². The molecule has 0 radical (unpaired) electrons. The first-order valence-corrected chi connectivity index (χ1v) is 25.6. The molecule has 0 atom stereocenters. The number of piperidine rings is 1. The highest BCUT2D eigenvalue weighted by molar-refractivity contribution is 6.31. The molecule has 384 valence electrons. The topological polar surface area (TPSA) is 174 Å². The van der Waals surface area contributed by atoms with Crippen molar-refractivity contribution in [1.29, 1.82) is 5.26 Å². The second kappa shape index (κ2) is 19.7. The Morgan fingerprint density at radius 2 is 1.66 bits per heavy atom. The molecule has 1 N–H and O–H groups in total. The van der Waals surface area contributed by atoms with E-state index in [1.165, 1.54) is 0 Å². The van der Waals surface area contributed by atoms with Gasteiger partial charge >= 0.3 is 0 Å². The van der Waals surface area contributed by atoms with Crippen molar-refractivity contribution in [2.75, 3.05) is 68.7 Å². The predicted molar refractivity (Wildman–Crippen MR) is 271 cm³/mol. The first-order chi connectivity index (χ1) is 34.9. The largest absolute Gasteiger partial charge is 0.489 e. The maximum atomic E-state index is 14.8. The number of nitrogens with zero attached hydrogens (tertiary/aromatic N) is 12. The van der Waals surface area contributed by atoms with Crippen molar-refractivity contribution in [3.05, 3.63) is 93.7 Å². The predicted octanol–water partition coefficient (Wildman–Crippen LogP) is 7.12. The molecule has 4 aliphatic heterocycles. The van der Waals surface area contributed by atoms with Crippen molar-refractivity contribution in [3.8, 4) is 22.9 Å². The Kier molecular flexibility index (Phi) is 13.4. The third-order valence-corrected chi connectivity index (χ3v) is 16.2. The lowest BCUT2D eigenvalue weighted by atomic mass is 9.49. The molecule has 1 aliphatic carbocycles. The van der Waals surface area contributed by atoms with Crippen LogP contribution in [0.5, 0.6) is 5.75 Å². The standard InChI is InChI=1S/C53H62ClF2N13O4/c1-32(70)67-17-13-43-41(30-67)47(68-14-7-8-33-22-39(36-28-60-63(6)29-36)40(46(55)56)24-44(33)68)62-69(43)37-11-15-65(16-12-37)45(71)31-64-18-20-66(21-19-64)51-58-26-35(27-59-51)48(72)61-49-52(2,3)50(53(49,4)5)73-38-10-9-34(25-57)42(54)23-38/h9-10,22-24,26-29,37,46,49-50H,7-8,11-21,30-31H2,1-6H3,(H,61,72). The fourth-order valence-electron chi connectivity index (χ4n) is 12.2. The Bertz CT molecular complexity index is 2950. The number of ether oxygens (including phenoxy) is 1. The van der Waals surface area contributed by atoms with E-state index in [2.05, 4.69) is 73.5 Å². The number of piperazine rings is 1. The molecular weight excluding hydrogens is 956 g/mol. The van der Waals surface area contributed by atoms with Crippen molar-refractivity contribution in [3.63, 3.8) is 0 Å². The van der Waals surface area contributed by atoms with Crippen LogP contribution in [0.25, 0.3) is 11.1 Å². The number of anilines is 3. The number of halogens is 3. The minimum Gasteiger partial charge on any atom is -0.489 e. The van der Waals surface area contributed by atoms with Crippen LogP contribution in [0.15, 0.2) is 55.1 Å². The van der Waals surface area contributed by atoms with Gasteiger partial charge in [-0.15, -0.1) is 0 Å². The quantitative estimate of drug-likeness (QED) is 0.142. The van der Waals surface area contributed by atoms with Crippen molar-refractivity contribution in [2.24, 2.45) is 17.9 Å². The number of carbonyl (C=O) groups excluding carboxylic acids is 3. The molecule has 0 unspecified atom stereocenters. The maximum absolute atomic E-state index is 14.8. The van der Waals surface area contributed by atoms with Crippen LogP contribution in [0.3, 0.4) is 0 Å². The van der Waals surface area contributed by atoms with Gasteiger partial charge in [0.2, 0.25) is 17.8 Å². The number of hydrogen-bond donors (Lipinski definition) is 1. The first-order valence-electron chi connectivity index (χ1n) is 25.2. The molecule has 3 amide bonds. The van der Waals surface area contributed by atoms with Gasteiger partial charge in [0.05, 0.1) is 41.5 Å². The summed E-state index contributed by atoms with van der Waals surface area (Å²) in [5.41, 5.74) is 4.70. The van der Waals surface area contributed by atoms with E-state index >= 15 is 0 Å². The van der Waals surface area contributed by atoms with Crippen LogP contribution in [0.1, 0.15) is 105 Å². The van der Waals surface area contributed by atoms with Gasteiger partial charge in [-0.05, 0) is 61.1 Å². The average Bonchev–Trinajstić information content (AvgIpc) is 4.00. The second-order valence-corrected chi connectivity index (χ2v) is 21.8. The number of carbonyl (C=O) groups is 3. The van der Waals surface area contributed by atoms with Crippen LogP contribution in [0.2, 0.25) is 5.02 Å². The molecule has 10 rings (SSSR count). The molecule has 1 saturated carbocycles. The SMILES string of the molecule is CC(=O)N1CCc2c(c(N3CCCc4cc(-c5cnn(C)c5)c(C(F)F)cc43)nn2C2CCN(C(=O)CN3CCN(c4ncc(C(=O)NC5C(C)(C)C(Oc6ccc(C#N)c(Cl)c6)C5(C)C)cn4)CC3)CC2)C1. The number of rotatable bonds is 11. The van der Waals surface area contributed by atoms with E-state index in [1.807, 2.05) is 15.9 Å². The molecule has 0 spiro atoms. The summed E-state index contributed by atoms with van der Waals surface area (Å²) in [6, 6.07) is 10.4. The third kappa shape index (κ3) is 9.48. The number of aromatic nitrogens is 6. The molecular formula is C53H62ClF2N13O4. The Labute approximate surface area is 429 Å². The lowest BCUT2D eigenvalue weighted by Gasteiger charge is -2.63. The number of nitriles is 1. The minimum atomic E-state index is -2.69. The number of aryl methyl sites for hydroxylation is 2. The molecule has 7 heterocycles. The highest BCUT2D eigenvalue weighted by Crippen LogP contribution is 2.56. The highest BCUT2D eigenvalue weighted by Gasteiger charge is 2.64.